The maximum atomic E-state index is 13.0. The summed E-state index contributed by atoms with van der Waals surface area (Å²) in [7, 11) is 0. The maximum absolute atomic E-state index is 13.0. The number of hydrogen-bond acceptors (Lipinski definition) is 2. The molecule has 2 N–H and O–H groups in total. The second-order valence-corrected chi connectivity index (χ2v) is 5.86. The standard InChI is InChI=1S/C16H21FN2O2/c17-13-7-5-12(6-8-13)15(11-3-4-11)19-16(20)18-10-14-2-1-9-21-14/h5-8,11,14-15H,1-4,9-10H2,(H2,18,19,20)/t14-,15+/m0/s1. The van der Waals surface area contributed by atoms with E-state index in [1.807, 2.05) is 0 Å². The molecule has 1 saturated carbocycles. The lowest BCUT2D eigenvalue weighted by molar-refractivity contribution is 0.111. The first-order chi connectivity index (χ1) is 10.2. The fraction of sp³-hybridized carbons (Fsp3) is 0.562. The minimum atomic E-state index is -0.254. The van der Waals surface area contributed by atoms with E-state index in [4.69, 9.17) is 4.74 Å². The number of benzene rings is 1. The van der Waals surface area contributed by atoms with Gasteiger partial charge in [0.05, 0.1) is 12.1 Å². The van der Waals surface area contributed by atoms with E-state index in [0.29, 0.717) is 12.5 Å². The molecule has 1 saturated heterocycles. The number of nitrogens with one attached hydrogen (secondary N) is 2. The second-order valence-electron chi connectivity index (χ2n) is 5.86. The van der Waals surface area contributed by atoms with E-state index in [0.717, 1.165) is 37.9 Å². The summed E-state index contributed by atoms with van der Waals surface area (Å²) in [5, 5.41) is 5.88. The summed E-state index contributed by atoms with van der Waals surface area (Å²) in [5.74, 6) is 0.208. The quantitative estimate of drug-likeness (QED) is 0.876. The largest absolute Gasteiger partial charge is 0.376 e. The van der Waals surface area contributed by atoms with Crippen LogP contribution in [0.1, 0.15) is 37.3 Å². The van der Waals surface area contributed by atoms with E-state index in [1.54, 1.807) is 12.1 Å². The van der Waals surface area contributed by atoms with Gasteiger partial charge in [0.2, 0.25) is 0 Å². The van der Waals surface area contributed by atoms with Crippen LogP contribution < -0.4 is 10.6 Å². The van der Waals surface area contributed by atoms with Gasteiger partial charge in [-0.3, -0.25) is 0 Å². The molecule has 1 heterocycles. The molecular weight excluding hydrogens is 271 g/mol. The van der Waals surface area contributed by atoms with Crippen molar-refractivity contribution in [2.45, 2.75) is 37.8 Å². The van der Waals surface area contributed by atoms with Crippen LogP contribution in [0.15, 0.2) is 24.3 Å². The number of halogens is 1. The Labute approximate surface area is 124 Å². The SMILES string of the molecule is O=C(NC[C@@H]1CCCO1)N[C@@H](c1ccc(F)cc1)C1CC1. The highest BCUT2D eigenvalue weighted by Gasteiger charge is 2.33. The predicted molar refractivity (Wildman–Crippen MR) is 77.4 cm³/mol. The first kappa shape index (κ1) is 14.3. The molecule has 5 heteroatoms. The third-order valence-corrected chi connectivity index (χ3v) is 4.12. The lowest BCUT2D eigenvalue weighted by Crippen LogP contribution is -2.41. The van der Waals surface area contributed by atoms with Crippen molar-refractivity contribution in [2.24, 2.45) is 5.92 Å². The van der Waals surface area contributed by atoms with Crippen LogP contribution in [-0.2, 0) is 4.74 Å². The number of carbonyl (C=O) groups excluding carboxylic acids is 1. The number of urea groups is 1. The molecule has 0 spiro atoms. The molecular formula is C16H21FN2O2. The zero-order chi connectivity index (χ0) is 14.7. The Bertz CT molecular complexity index is 482. The number of rotatable bonds is 5. The van der Waals surface area contributed by atoms with E-state index in [1.165, 1.54) is 12.1 Å². The van der Waals surface area contributed by atoms with Gasteiger partial charge in [0.1, 0.15) is 5.82 Å². The van der Waals surface area contributed by atoms with Crippen molar-refractivity contribution < 1.29 is 13.9 Å². The number of carbonyl (C=O) groups is 1. The van der Waals surface area contributed by atoms with Crippen LogP contribution in [0.2, 0.25) is 0 Å². The molecule has 1 aromatic rings. The summed E-state index contributed by atoms with van der Waals surface area (Å²) in [4.78, 5) is 12.0. The normalized spacial score (nSPS) is 22.8. The molecule has 2 fully saturated rings. The Morgan fingerprint density at radius 2 is 2.05 bits per heavy atom. The van der Waals surface area contributed by atoms with Gasteiger partial charge in [0, 0.05) is 13.2 Å². The van der Waals surface area contributed by atoms with Gasteiger partial charge >= 0.3 is 6.03 Å². The summed E-state index contributed by atoms with van der Waals surface area (Å²) < 4.78 is 18.5. The first-order valence-electron chi connectivity index (χ1n) is 7.64. The van der Waals surface area contributed by atoms with Gasteiger partial charge < -0.3 is 15.4 Å². The topological polar surface area (TPSA) is 50.4 Å². The average Bonchev–Trinajstić information content (AvgIpc) is 3.19. The lowest BCUT2D eigenvalue weighted by Gasteiger charge is -2.20. The second kappa shape index (κ2) is 6.43. The third-order valence-electron chi connectivity index (χ3n) is 4.12. The van der Waals surface area contributed by atoms with Gasteiger partial charge in [-0.2, -0.15) is 0 Å². The third kappa shape index (κ3) is 3.94. The van der Waals surface area contributed by atoms with Gasteiger partial charge in [0.25, 0.3) is 0 Å². The predicted octanol–water partition coefficient (Wildman–Crippen LogP) is 2.76. The Balaban J connectivity index is 1.54. The van der Waals surface area contributed by atoms with Crippen molar-refractivity contribution >= 4 is 6.03 Å². The molecule has 0 unspecified atom stereocenters. The van der Waals surface area contributed by atoms with E-state index in [2.05, 4.69) is 10.6 Å². The van der Waals surface area contributed by atoms with Crippen molar-refractivity contribution in [3.05, 3.63) is 35.6 Å². The summed E-state index contributed by atoms with van der Waals surface area (Å²) >= 11 is 0. The van der Waals surface area contributed by atoms with Gasteiger partial charge in [-0.15, -0.1) is 0 Å². The van der Waals surface area contributed by atoms with Crippen LogP contribution >= 0.6 is 0 Å². The smallest absolute Gasteiger partial charge is 0.315 e. The molecule has 114 valence electrons. The Hall–Kier alpha value is -1.62. The zero-order valence-electron chi connectivity index (χ0n) is 12.0. The molecule has 1 aliphatic carbocycles. The Kier molecular flexibility index (Phi) is 4.39. The van der Waals surface area contributed by atoms with Crippen molar-refractivity contribution in [2.75, 3.05) is 13.2 Å². The van der Waals surface area contributed by atoms with Gasteiger partial charge in [-0.05, 0) is 49.3 Å². The highest BCUT2D eigenvalue weighted by molar-refractivity contribution is 5.74. The van der Waals surface area contributed by atoms with Gasteiger partial charge in [0.15, 0.2) is 0 Å². The molecule has 1 aromatic carbocycles. The monoisotopic (exact) mass is 292 g/mol. The average molecular weight is 292 g/mol. The lowest BCUT2D eigenvalue weighted by atomic mass is 10.0. The van der Waals surface area contributed by atoms with Crippen LogP contribution in [0.5, 0.6) is 0 Å². The highest BCUT2D eigenvalue weighted by Crippen LogP contribution is 2.40. The Morgan fingerprint density at radius 1 is 1.29 bits per heavy atom. The van der Waals surface area contributed by atoms with Crippen LogP contribution in [0.3, 0.4) is 0 Å². The van der Waals surface area contributed by atoms with Crippen LogP contribution in [0.25, 0.3) is 0 Å². The van der Waals surface area contributed by atoms with Crippen LogP contribution in [-0.4, -0.2) is 25.3 Å². The summed E-state index contributed by atoms with van der Waals surface area (Å²) in [6.45, 7) is 1.33. The number of hydrogen-bond donors (Lipinski definition) is 2. The molecule has 0 aromatic heterocycles. The molecule has 0 bridgehead atoms. The molecule has 2 aliphatic rings. The Morgan fingerprint density at radius 3 is 2.67 bits per heavy atom. The van der Waals surface area contributed by atoms with Gasteiger partial charge in [-0.1, -0.05) is 12.1 Å². The van der Waals surface area contributed by atoms with Crippen LogP contribution in [0.4, 0.5) is 9.18 Å². The van der Waals surface area contributed by atoms with Crippen molar-refractivity contribution in [1.82, 2.24) is 10.6 Å². The van der Waals surface area contributed by atoms with E-state index >= 15 is 0 Å². The minimum Gasteiger partial charge on any atom is -0.376 e. The molecule has 2 atom stereocenters. The maximum Gasteiger partial charge on any atom is 0.315 e. The molecule has 2 amide bonds. The minimum absolute atomic E-state index is 0.0323. The molecule has 4 nitrogen and oxygen atoms in total. The summed E-state index contributed by atoms with van der Waals surface area (Å²) in [5.41, 5.74) is 0.964. The molecule has 0 radical (unpaired) electrons. The van der Waals surface area contributed by atoms with Gasteiger partial charge in [-0.25, -0.2) is 9.18 Å². The molecule has 3 rings (SSSR count). The fourth-order valence-corrected chi connectivity index (χ4v) is 2.78. The fourth-order valence-electron chi connectivity index (χ4n) is 2.78. The highest BCUT2D eigenvalue weighted by atomic mass is 19.1. The molecule has 1 aliphatic heterocycles. The van der Waals surface area contributed by atoms with Crippen molar-refractivity contribution in [3.63, 3.8) is 0 Å². The summed E-state index contributed by atoms with van der Waals surface area (Å²) in [6.07, 6.45) is 4.42. The summed E-state index contributed by atoms with van der Waals surface area (Å²) in [6, 6.07) is 6.17. The first-order valence-corrected chi connectivity index (χ1v) is 7.64. The van der Waals surface area contributed by atoms with E-state index in [9.17, 15) is 9.18 Å². The molecule has 21 heavy (non-hydrogen) atoms. The van der Waals surface area contributed by atoms with Crippen LogP contribution in [0, 0.1) is 11.7 Å². The number of amides is 2. The van der Waals surface area contributed by atoms with E-state index < -0.39 is 0 Å². The van der Waals surface area contributed by atoms with E-state index in [-0.39, 0.29) is 24.0 Å². The van der Waals surface area contributed by atoms with Crippen molar-refractivity contribution in [3.8, 4) is 0 Å². The zero-order valence-corrected chi connectivity index (χ0v) is 12.0. The van der Waals surface area contributed by atoms with Crippen molar-refractivity contribution in [1.29, 1.82) is 0 Å². The number of ether oxygens (including phenoxy) is 1.